The maximum Gasteiger partial charge on any atom is 0.216 e. The molecule has 0 saturated heterocycles. The molecule has 0 bridgehead atoms. The molecular formula is C18H30IN5OS. The predicted octanol–water partition coefficient (Wildman–Crippen LogP) is 3.96. The van der Waals surface area contributed by atoms with Crippen LogP contribution < -0.4 is 10.6 Å². The molecule has 8 heteroatoms. The Kier molecular flexibility index (Phi) is 9.02. The number of aryl methyl sites for hydroxylation is 2. The number of guanidine groups is 1. The van der Waals surface area contributed by atoms with E-state index < -0.39 is 0 Å². The Morgan fingerprint density at radius 1 is 1.27 bits per heavy atom. The molecule has 0 aliphatic rings. The first-order valence-electron chi connectivity index (χ1n) is 8.70. The zero-order chi connectivity index (χ0) is 18.4. The summed E-state index contributed by atoms with van der Waals surface area (Å²) in [6, 6.07) is 0. The summed E-state index contributed by atoms with van der Waals surface area (Å²) in [5.41, 5.74) is 1.08. The molecule has 2 aromatic rings. The minimum absolute atomic E-state index is 0. The van der Waals surface area contributed by atoms with Crippen LogP contribution in [0.2, 0.25) is 0 Å². The third-order valence-corrected chi connectivity index (χ3v) is 4.85. The lowest BCUT2D eigenvalue weighted by atomic mass is 9.94. The van der Waals surface area contributed by atoms with Crippen LogP contribution in [0.5, 0.6) is 0 Å². The van der Waals surface area contributed by atoms with Crippen LogP contribution in [0.1, 0.15) is 54.9 Å². The van der Waals surface area contributed by atoms with Gasteiger partial charge in [0.2, 0.25) is 5.89 Å². The molecule has 2 heterocycles. The van der Waals surface area contributed by atoms with E-state index in [0.717, 1.165) is 41.9 Å². The Labute approximate surface area is 177 Å². The second kappa shape index (κ2) is 10.2. The quantitative estimate of drug-likeness (QED) is 0.364. The van der Waals surface area contributed by atoms with Gasteiger partial charge in [-0.15, -0.1) is 35.3 Å². The van der Waals surface area contributed by atoms with Crippen LogP contribution in [0.4, 0.5) is 0 Å². The summed E-state index contributed by atoms with van der Waals surface area (Å²) in [6.07, 6.45) is 2.68. The maximum atomic E-state index is 5.78. The van der Waals surface area contributed by atoms with Crippen molar-refractivity contribution in [3.8, 4) is 0 Å². The highest BCUT2D eigenvalue weighted by Gasteiger charge is 2.19. The van der Waals surface area contributed by atoms with E-state index in [1.165, 1.54) is 4.88 Å². The second-order valence-electron chi connectivity index (χ2n) is 6.99. The molecule has 146 valence electrons. The Bertz CT molecular complexity index is 698. The number of nitrogens with zero attached hydrogens (tertiary/aromatic N) is 3. The summed E-state index contributed by atoms with van der Waals surface area (Å²) in [5.74, 6) is 2.28. The van der Waals surface area contributed by atoms with E-state index in [1.54, 1.807) is 17.5 Å². The van der Waals surface area contributed by atoms with Gasteiger partial charge in [0.15, 0.2) is 5.96 Å². The fourth-order valence-corrected chi connectivity index (χ4v) is 3.09. The average molecular weight is 491 g/mol. The fraction of sp³-hybridized carbons (Fsp3) is 0.611. The smallest absolute Gasteiger partial charge is 0.216 e. The number of oxazole rings is 1. The van der Waals surface area contributed by atoms with Gasteiger partial charge in [0.1, 0.15) is 12.3 Å². The Morgan fingerprint density at radius 2 is 2.00 bits per heavy atom. The van der Waals surface area contributed by atoms with Gasteiger partial charge in [-0.05, 0) is 20.8 Å². The van der Waals surface area contributed by atoms with Crippen molar-refractivity contribution >= 4 is 41.3 Å². The van der Waals surface area contributed by atoms with Crippen LogP contribution in [0.15, 0.2) is 15.6 Å². The predicted molar refractivity (Wildman–Crippen MR) is 119 cm³/mol. The molecule has 0 unspecified atom stereocenters. The fourth-order valence-electron chi connectivity index (χ4n) is 2.15. The van der Waals surface area contributed by atoms with Crippen LogP contribution in [0.25, 0.3) is 0 Å². The van der Waals surface area contributed by atoms with E-state index in [1.807, 2.05) is 6.92 Å². The van der Waals surface area contributed by atoms with Crippen molar-refractivity contribution in [2.45, 2.75) is 59.9 Å². The highest BCUT2D eigenvalue weighted by atomic mass is 127. The molecule has 6 nitrogen and oxygen atoms in total. The SMILES string of the molecule is CCNC(=NCc1ncc(C(C)(C)C)o1)NCCc1nc(C)c(C)s1.I. The molecule has 26 heavy (non-hydrogen) atoms. The number of hydrogen-bond donors (Lipinski definition) is 2. The van der Waals surface area contributed by atoms with Crippen molar-refractivity contribution in [3.05, 3.63) is 33.4 Å². The Hall–Kier alpha value is -1.16. The van der Waals surface area contributed by atoms with Gasteiger partial charge in [0, 0.05) is 29.8 Å². The largest absolute Gasteiger partial charge is 0.443 e. The number of rotatable bonds is 6. The van der Waals surface area contributed by atoms with Crippen molar-refractivity contribution < 1.29 is 4.42 Å². The summed E-state index contributed by atoms with van der Waals surface area (Å²) in [4.78, 5) is 14.7. The van der Waals surface area contributed by atoms with E-state index in [0.29, 0.717) is 12.4 Å². The number of nitrogens with one attached hydrogen (secondary N) is 2. The van der Waals surface area contributed by atoms with Gasteiger partial charge >= 0.3 is 0 Å². The van der Waals surface area contributed by atoms with E-state index in [2.05, 4.69) is 60.2 Å². The molecule has 0 amide bonds. The molecule has 2 aromatic heterocycles. The molecule has 2 rings (SSSR count). The summed E-state index contributed by atoms with van der Waals surface area (Å²) < 4.78 is 5.78. The molecule has 2 N–H and O–H groups in total. The second-order valence-corrected chi connectivity index (χ2v) is 8.28. The first kappa shape index (κ1) is 22.9. The minimum Gasteiger partial charge on any atom is -0.443 e. The van der Waals surface area contributed by atoms with Gasteiger partial charge in [-0.2, -0.15) is 0 Å². The van der Waals surface area contributed by atoms with Crippen LogP contribution in [0.3, 0.4) is 0 Å². The molecule has 0 radical (unpaired) electrons. The third kappa shape index (κ3) is 6.86. The van der Waals surface area contributed by atoms with Gasteiger partial charge in [0.05, 0.1) is 16.9 Å². The van der Waals surface area contributed by atoms with E-state index in [4.69, 9.17) is 4.42 Å². The molecule has 0 atom stereocenters. The van der Waals surface area contributed by atoms with Gasteiger partial charge in [0.25, 0.3) is 0 Å². The van der Waals surface area contributed by atoms with Crippen LogP contribution in [0, 0.1) is 13.8 Å². The van der Waals surface area contributed by atoms with Crippen molar-refractivity contribution in [2.24, 2.45) is 4.99 Å². The number of thiazole rings is 1. The highest BCUT2D eigenvalue weighted by molar-refractivity contribution is 14.0. The molecule has 0 aliphatic carbocycles. The molecule has 0 aromatic carbocycles. The van der Waals surface area contributed by atoms with Crippen LogP contribution >= 0.6 is 35.3 Å². The first-order valence-corrected chi connectivity index (χ1v) is 9.51. The lowest BCUT2D eigenvalue weighted by Gasteiger charge is -2.13. The normalized spacial score (nSPS) is 12.0. The van der Waals surface area contributed by atoms with Gasteiger partial charge in [-0.3, -0.25) is 0 Å². The number of halogens is 1. The van der Waals surface area contributed by atoms with Gasteiger partial charge in [-0.1, -0.05) is 20.8 Å². The van der Waals surface area contributed by atoms with Gasteiger partial charge in [-0.25, -0.2) is 15.0 Å². The number of aromatic nitrogens is 2. The van der Waals surface area contributed by atoms with E-state index in [-0.39, 0.29) is 29.4 Å². The Morgan fingerprint density at radius 3 is 2.54 bits per heavy atom. The van der Waals surface area contributed by atoms with Crippen molar-refractivity contribution in [1.29, 1.82) is 0 Å². The van der Waals surface area contributed by atoms with Crippen LogP contribution in [-0.4, -0.2) is 29.0 Å². The average Bonchev–Trinajstić information content (AvgIpc) is 3.12. The number of aliphatic imine (C=N–C) groups is 1. The molecule has 0 spiro atoms. The van der Waals surface area contributed by atoms with Crippen LogP contribution in [-0.2, 0) is 18.4 Å². The minimum atomic E-state index is -0.0400. The van der Waals surface area contributed by atoms with Crippen molar-refractivity contribution in [1.82, 2.24) is 20.6 Å². The third-order valence-electron chi connectivity index (χ3n) is 3.71. The lowest BCUT2D eigenvalue weighted by Crippen LogP contribution is -2.38. The first-order chi connectivity index (χ1) is 11.8. The molecular weight excluding hydrogens is 461 g/mol. The van der Waals surface area contributed by atoms with E-state index >= 15 is 0 Å². The van der Waals surface area contributed by atoms with Crippen molar-refractivity contribution in [3.63, 3.8) is 0 Å². The van der Waals surface area contributed by atoms with Gasteiger partial charge < -0.3 is 15.1 Å². The summed E-state index contributed by atoms with van der Waals surface area (Å²) in [7, 11) is 0. The zero-order valence-electron chi connectivity index (χ0n) is 16.5. The topological polar surface area (TPSA) is 75.3 Å². The highest BCUT2D eigenvalue weighted by Crippen LogP contribution is 2.22. The lowest BCUT2D eigenvalue weighted by molar-refractivity contribution is 0.383. The number of hydrogen-bond acceptors (Lipinski definition) is 5. The summed E-state index contributed by atoms with van der Waals surface area (Å²) in [6.45, 7) is 14.5. The summed E-state index contributed by atoms with van der Waals surface area (Å²) >= 11 is 1.76. The van der Waals surface area contributed by atoms with E-state index in [9.17, 15) is 0 Å². The molecule has 0 aliphatic heterocycles. The maximum absolute atomic E-state index is 5.78. The molecule has 0 saturated carbocycles. The zero-order valence-corrected chi connectivity index (χ0v) is 19.6. The molecule has 0 fully saturated rings. The standard InChI is InChI=1S/C18H29N5OS.HI/c1-7-19-17(20-9-8-16-23-12(2)13(3)25-16)22-11-15-21-10-14(24-15)18(4,5)6;/h10H,7-9,11H2,1-6H3,(H2,19,20,22);1H. The van der Waals surface area contributed by atoms with Crippen molar-refractivity contribution in [2.75, 3.05) is 13.1 Å². The monoisotopic (exact) mass is 491 g/mol. The summed E-state index contributed by atoms with van der Waals surface area (Å²) in [5, 5.41) is 7.74. The Balaban J connectivity index is 0.00000338.